The summed E-state index contributed by atoms with van der Waals surface area (Å²) in [7, 11) is 0. The van der Waals surface area contributed by atoms with Crippen molar-refractivity contribution in [2.45, 2.75) is 45.6 Å². The number of aromatic nitrogens is 2. The van der Waals surface area contributed by atoms with Crippen molar-refractivity contribution in [3.63, 3.8) is 0 Å². The average molecular weight is 378 g/mol. The Hall–Kier alpha value is -2.08. The highest BCUT2D eigenvalue weighted by molar-refractivity contribution is 6.30. The van der Waals surface area contributed by atoms with Crippen LogP contribution in [-0.4, -0.2) is 39.8 Å². The lowest BCUT2D eigenvalue weighted by atomic mass is 9.94. The standard InChI is InChI=1S/C19H24ClN3O3/c1-19(2,3)25-18(24)23-10-8-13(9-11-23)12-16-21-17(22-26-16)14-4-6-15(20)7-5-14/h4-7,13H,8-12H2,1-3H3. The van der Waals surface area contributed by atoms with E-state index in [0.717, 1.165) is 24.8 Å². The summed E-state index contributed by atoms with van der Waals surface area (Å²) < 4.78 is 10.8. The molecule has 1 aliphatic rings. The van der Waals surface area contributed by atoms with Crippen molar-refractivity contribution in [2.24, 2.45) is 5.92 Å². The normalized spacial score (nSPS) is 15.9. The van der Waals surface area contributed by atoms with Crippen LogP contribution in [0.4, 0.5) is 4.79 Å². The van der Waals surface area contributed by atoms with Crippen molar-refractivity contribution < 1.29 is 14.1 Å². The second kappa shape index (κ2) is 7.66. The third kappa shape index (κ3) is 4.97. The van der Waals surface area contributed by atoms with Crippen molar-refractivity contribution in [1.82, 2.24) is 15.0 Å². The third-order valence-electron chi connectivity index (χ3n) is 4.30. The molecule has 0 atom stereocenters. The molecule has 1 aliphatic heterocycles. The lowest BCUT2D eigenvalue weighted by molar-refractivity contribution is 0.0182. The van der Waals surface area contributed by atoms with Crippen LogP contribution in [0.1, 0.15) is 39.5 Å². The summed E-state index contributed by atoms with van der Waals surface area (Å²) in [5, 5.41) is 4.73. The number of hydrogen-bond acceptors (Lipinski definition) is 5. The molecule has 3 rings (SSSR count). The van der Waals surface area contributed by atoms with Gasteiger partial charge in [0.25, 0.3) is 0 Å². The minimum Gasteiger partial charge on any atom is -0.444 e. The first kappa shape index (κ1) is 18.7. The highest BCUT2D eigenvalue weighted by Crippen LogP contribution is 2.24. The third-order valence-corrected chi connectivity index (χ3v) is 4.55. The van der Waals surface area contributed by atoms with Gasteiger partial charge in [-0.2, -0.15) is 4.98 Å². The van der Waals surface area contributed by atoms with E-state index in [1.54, 1.807) is 17.0 Å². The summed E-state index contributed by atoms with van der Waals surface area (Å²) in [6, 6.07) is 7.35. The number of amides is 1. The maximum atomic E-state index is 12.1. The van der Waals surface area contributed by atoms with E-state index in [9.17, 15) is 4.79 Å². The fraction of sp³-hybridized carbons (Fsp3) is 0.526. The molecule has 0 bridgehead atoms. The number of piperidine rings is 1. The van der Waals surface area contributed by atoms with Gasteiger partial charge in [-0.15, -0.1) is 0 Å². The highest BCUT2D eigenvalue weighted by Gasteiger charge is 2.27. The van der Waals surface area contributed by atoms with Gasteiger partial charge in [-0.1, -0.05) is 16.8 Å². The molecule has 0 unspecified atom stereocenters. The Balaban J connectivity index is 1.52. The molecule has 0 saturated carbocycles. The van der Waals surface area contributed by atoms with Gasteiger partial charge in [0.1, 0.15) is 5.60 Å². The molecular formula is C19H24ClN3O3. The van der Waals surface area contributed by atoms with E-state index < -0.39 is 5.60 Å². The van der Waals surface area contributed by atoms with Crippen LogP contribution in [-0.2, 0) is 11.2 Å². The van der Waals surface area contributed by atoms with Crippen LogP contribution in [0, 0.1) is 5.92 Å². The Kier molecular flexibility index (Phi) is 5.51. The number of ether oxygens (including phenoxy) is 1. The van der Waals surface area contributed by atoms with E-state index in [0.29, 0.717) is 35.7 Å². The zero-order valence-electron chi connectivity index (χ0n) is 15.4. The first-order valence-corrected chi connectivity index (χ1v) is 9.24. The number of halogens is 1. The predicted molar refractivity (Wildman–Crippen MR) is 99.0 cm³/mol. The van der Waals surface area contributed by atoms with Crippen LogP contribution >= 0.6 is 11.6 Å². The molecule has 140 valence electrons. The van der Waals surface area contributed by atoms with Gasteiger partial charge in [-0.25, -0.2) is 4.79 Å². The SMILES string of the molecule is CC(C)(C)OC(=O)N1CCC(Cc2nc(-c3ccc(Cl)cc3)no2)CC1. The minimum atomic E-state index is -0.463. The zero-order valence-corrected chi connectivity index (χ0v) is 16.1. The van der Waals surface area contributed by atoms with E-state index >= 15 is 0 Å². The Labute approximate surface area is 158 Å². The Morgan fingerprint density at radius 1 is 1.27 bits per heavy atom. The number of carbonyl (C=O) groups excluding carboxylic acids is 1. The summed E-state index contributed by atoms with van der Waals surface area (Å²) in [5.74, 6) is 1.63. The molecule has 0 radical (unpaired) electrons. The quantitative estimate of drug-likeness (QED) is 0.783. The molecule has 2 heterocycles. The van der Waals surface area contributed by atoms with Gasteiger partial charge in [-0.3, -0.25) is 0 Å². The molecule has 26 heavy (non-hydrogen) atoms. The van der Waals surface area contributed by atoms with Crippen LogP contribution in [0.2, 0.25) is 5.02 Å². The zero-order chi connectivity index (χ0) is 18.7. The summed E-state index contributed by atoms with van der Waals surface area (Å²) >= 11 is 5.90. The molecule has 0 aliphatic carbocycles. The lowest BCUT2D eigenvalue weighted by Crippen LogP contribution is -2.42. The molecular weight excluding hydrogens is 354 g/mol. The molecule has 0 N–H and O–H groups in total. The molecule has 6 nitrogen and oxygen atoms in total. The molecule has 1 aromatic carbocycles. The average Bonchev–Trinajstić information content (AvgIpc) is 3.03. The van der Waals surface area contributed by atoms with Crippen molar-refractivity contribution in [3.05, 3.63) is 35.2 Å². The molecule has 1 fully saturated rings. The Bertz CT molecular complexity index is 744. The first-order valence-electron chi connectivity index (χ1n) is 8.86. The Morgan fingerprint density at radius 2 is 1.92 bits per heavy atom. The van der Waals surface area contributed by atoms with E-state index in [4.69, 9.17) is 20.9 Å². The summed E-state index contributed by atoms with van der Waals surface area (Å²) in [4.78, 5) is 18.4. The topological polar surface area (TPSA) is 68.5 Å². The van der Waals surface area contributed by atoms with Crippen molar-refractivity contribution in [1.29, 1.82) is 0 Å². The number of carbonyl (C=O) groups is 1. The van der Waals surface area contributed by atoms with Gasteiger partial charge < -0.3 is 14.2 Å². The van der Waals surface area contributed by atoms with Crippen LogP contribution in [0.5, 0.6) is 0 Å². The summed E-state index contributed by atoms with van der Waals surface area (Å²) in [5.41, 5.74) is 0.416. The van der Waals surface area contributed by atoms with E-state index in [2.05, 4.69) is 10.1 Å². The number of nitrogens with zero attached hydrogens (tertiary/aromatic N) is 3. The highest BCUT2D eigenvalue weighted by atomic mass is 35.5. The monoisotopic (exact) mass is 377 g/mol. The van der Waals surface area contributed by atoms with Crippen molar-refractivity contribution >= 4 is 17.7 Å². The Morgan fingerprint density at radius 3 is 2.54 bits per heavy atom. The van der Waals surface area contributed by atoms with Gasteiger partial charge >= 0.3 is 6.09 Å². The molecule has 2 aromatic rings. The predicted octanol–water partition coefficient (Wildman–Crippen LogP) is 4.58. The second-order valence-electron chi connectivity index (χ2n) is 7.63. The van der Waals surface area contributed by atoms with Crippen LogP contribution in [0.3, 0.4) is 0 Å². The van der Waals surface area contributed by atoms with Gasteiger partial charge in [-0.05, 0) is 63.8 Å². The van der Waals surface area contributed by atoms with Gasteiger partial charge in [0.05, 0.1) is 0 Å². The van der Waals surface area contributed by atoms with E-state index in [1.165, 1.54) is 0 Å². The van der Waals surface area contributed by atoms with Crippen molar-refractivity contribution in [2.75, 3.05) is 13.1 Å². The van der Waals surface area contributed by atoms with Crippen molar-refractivity contribution in [3.8, 4) is 11.4 Å². The lowest BCUT2D eigenvalue weighted by Gasteiger charge is -2.33. The fourth-order valence-corrected chi connectivity index (χ4v) is 3.07. The largest absolute Gasteiger partial charge is 0.444 e. The minimum absolute atomic E-state index is 0.237. The van der Waals surface area contributed by atoms with Crippen LogP contribution in [0.15, 0.2) is 28.8 Å². The molecule has 1 aromatic heterocycles. The van der Waals surface area contributed by atoms with Gasteiger partial charge in [0, 0.05) is 30.1 Å². The maximum Gasteiger partial charge on any atom is 0.410 e. The maximum absolute atomic E-state index is 12.1. The first-order chi connectivity index (χ1) is 12.3. The van der Waals surface area contributed by atoms with E-state index in [1.807, 2.05) is 32.9 Å². The van der Waals surface area contributed by atoms with Crippen LogP contribution < -0.4 is 0 Å². The second-order valence-corrected chi connectivity index (χ2v) is 8.07. The molecule has 7 heteroatoms. The number of benzene rings is 1. The number of hydrogen-bond donors (Lipinski definition) is 0. The summed E-state index contributed by atoms with van der Waals surface area (Å²) in [6.45, 7) is 7.03. The van der Waals surface area contributed by atoms with Gasteiger partial charge in [0.15, 0.2) is 0 Å². The van der Waals surface area contributed by atoms with Crippen LogP contribution in [0.25, 0.3) is 11.4 Å². The molecule has 0 spiro atoms. The molecule has 1 saturated heterocycles. The number of rotatable bonds is 3. The fourth-order valence-electron chi connectivity index (χ4n) is 2.95. The van der Waals surface area contributed by atoms with E-state index in [-0.39, 0.29) is 6.09 Å². The summed E-state index contributed by atoms with van der Waals surface area (Å²) in [6.07, 6.45) is 2.29. The van der Waals surface area contributed by atoms with Gasteiger partial charge in [0.2, 0.25) is 11.7 Å². The smallest absolute Gasteiger partial charge is 0.410 e. The molecule has 1 amide bonds. The number of likely N-dealkylation sites (tertiary alicyclic amines) is 1.